The van der Waals surface area contributed by atoms with Crippen molar-refractivity contribution in [2.45, 2.75) is 13.5 Å². The topological polar surface area (TPSA) is 48.0 Å². The van der Waals surface area contributed by atoms with Crippen molar-refractivity contribution in [2.75, 3.05) is 0 Å². The molecule has 1 aromatic heterocycles. The number of nitrogens with zero attached hydrogens (tertiary/aromatic N) is 1. The highest BCUT2D eigenvalue weighted by Crippen LogP contribution is 2.19. The van der Waals surface area contributed by atoms with Gasteiger partial charge in [-0.15, -0.1) is 0 Å². The maximum atomic E-state index is 11.2. The van der Waals surface area contributed by atoms with E-state index in [2.05, 4.69) is 42.0 Å². The summed E-state index contributed by atoms with van der Waals surface area (Å²) in [5.74, 6) is -0.389. The van der Waals surface area contributed by atoms with Crippen LogP contribution in [0.15, 0.2) is 54.7 Å². The average molecular weight is 264 g/mol. The van der Waals surface area contributed by atoms with E-state index in [0.29, 0.717) is 5.56 Å². The molecule has 3 aromatic rings. The van der Waals surface area contributed by atoms with E-state index in [0.717, 1.165) is 12.1 Å². The van der Waals surface area contributed by atoms with Crippen LogP contribution in [0.1, 0.15) is 21.5 Å². The van der Waals surface area contributed by atoms with Crippen molar-refractivity contribution < 1.29 is 4.79 Å². The summed E-state index contributed by atoms with van der Waals surface area (Å²) in [5.41, 5.74) is 9.39. The Morgan fingerprint density at radius 2 is 2.00 bits per heavy atom. The van der Waals surface area contributed by atoms with Gasteiger partial charge in [-0.05, 0) is 48.2 Å². The molecule has 2 N–H and O–H groups in total. The van der Waals surface area contributed by atoms with Gasteiger partial charge in [-0.3, -0.25) is 4.79 Å². The van der Waals surface area contributed by atoms with Gasteiger partial charge in [0.05, 0.1) is 0 Å². The SMILES string of the molecule is Cc1ccc2c(ccn2Cc2cccc(C(N)=O)c2)c1. The zero-order valence-corrected chi connectivity index (χ0v) is 11.3. The number of carbonyl (C=O) groups excluding carboxylic acids is 1. The van der Waals surface area contributed by atoms with Crippen LogP contribution in [0.2, 0.25) is 0 Å². The van der Waals surface area contributed by atoms with Crippen molar-refractivity contribution in [1.82, 2.24) is 4.57 Å². The molecule has 0 saturated carbocycles. The lowest BCUT2D eigenvalue weighted by atomic mass is 10.1. The average Bonchev–Trinajstić information content (AvgIpc) is 2.81. The molecule has 0 aliphatic carbocycles. The number of aromatic nitrogens is 1. The lowest BCUT2D eigenvalue weighted by Gasteiger charge is -2.07. The van der Waals surface area contributed by atoms with Crippen LogP contribution in [0.5, 0.6) is 0 Å². The van der Waals surface area contributed by atoms with Crippen LogP contribution in [-0.2, 0) is 6.54 Å². The summed E-state index contributed by atoms with van der Waals surface area (Å²) in [6.45, 7) is 2.82. The highest BCUT2D eigenvalue weighted by molar-refractivity contribution is 5.92. The number of hydrogen-bond donors (Lipinski definition) is 1. The summed E-state index contributed by atoms with van der Waals surface area (Å²) in [4.78, 5) is 11.2. The van der Waals surface area contributed by atoms with Gasteiger partial charge in [-0.25, -0.2) is 0 Å². The first-order chi connectivity index (χ1) is 9.63. The Labute approximate surface area is 117 Å². The van der Waals surface area contributed by atoms with Crippen molar-refractivity contribution >= 4 is 16.8 Å². The molecule has 0 aliphatic rings. The fourth-order valence-corrected chi connectivity index (χ4v) is 2.48. The summed E-state index contributed by atoms with van der Waals surface area (Å²) in [6, 6.07) is 16.0. The molecular formula is C17H16N2O. The minimum atomic E-state index is -0.389. The van der Waals surface area contributed by atoms with Crippen LogP contribution >= 0.6 is 0 Å². The summed E-state index contributed by atoms with van der Waals surface area (Å²) in [6.07, 6.45) is 2.07. The molecule has 3 heteroatoms. The molecule has 1 amide bonds. The van der Waals surface area contributed by atoms with Gasteiger partial charge in [0.15, 0.2) is 0 Å². The van der Waals surface area contributed by atoms with E-state index in [1.54, 1.807) is 6.07 Å². The number of amides is 1. The molecule has 0 radical (unpaired) electrons. The van der Waals surface area contributed by atoms with E-state index in [1.165, 1.54) is 16.5 Å². The first-order valence-electron chi connectivity index (χ1n) is 6.58. The van der Waals surface area contributed by atoms with E-state index >= 15 is 0 Å². The van der Waals surface area contributed by atoms with E-state index < -0.39 is 0 Å². The van der Waals surface area contributed by atoms with Crippen LogP contribution in [0, 0.1) is 6.92 Å². The predicted octanol–water partition coefficient (Wildman–Crippen LogP) is 3.10. The van der Waals surface area contributed by atoms with Crippen LogP contribution in [0.25, 0.3) is 10.9 Å². The van der Waals surface area contributed by atoms with Gasteiger partial charge < -0.3 is 10.3 Å². The first-order valence-corrected chi connectivity index (χ1v) is 6.58. The number of hydrogen-bond acceptors (Lipinski definition) is 1. The van der Waals surface area contributed by atoms with Gasteiger partial charge in [0.1, 0.15) is 0 Å². The first kappa shape index (κ1) is 12.5. The Kier molecular flexibility index (Phi) is 3.03. The molecule has 0 bridgehead atoms. The maximum Gasteiger partial charge on any atom is 0.248 e. The van der Waals surface area contributed by atoms with Crippen molar-refractivity contribution in [3.05, 3.63) is 71.4 Å². The molecule has 20 heavy (non-hydrogen) atoms. The van der Waals surface area contributed by atoms with Gasteiger partial charge in [-0.1, -0.05) is 23.8 Å². The second-order valence-electron chi connectivity index (χ2n) is 5.07. The lowest BCUT2D eigenvalue weighted by Crippen LogP contribution is -2.11. The normalized spacial score (nSPS) is 10.8. The van der Waals surface area contributed by atoms with Crippen LogP contribution in [0.3, 0.4) is 0 Å². The summed E-state index contributed by atoms with van der Waals surface area (Å²) < 4.78 is 2.18. The number of nitrogens with two attached hydrogens (primary N) is 1. The molecule has 0 spiro atoms. The minimum absolute atomic E-state index is 0.389. The zero-order valence-electron chi connectivity index (χ0n) is 11.3. The molecule has 0 unspecified atom stereocenters. The third-order valence-corrected chi connectivity index (χ3v) is 3.49. The van der Waals surface area contributed by atoms with Crippen molar-refractivity contribution in [2.24, 2.45) is 5.73 Å². The highest BCUT2D eigenvalue weighted by Gasteiger charge is 2.04. The molecule has 100 valence electrons. The number of rotatable bonds is 3. The smallest absolute Gasteiger partial charge is 0.248 e. The quantitative estimate of drug-likeness (QED) is 0.776. The Hall–Kier alpha value is -2.55. The third-order valence-electron chi connectivity index (χ3n) is 3.49. The second kappa shape index (κ2) is 4.85. The van der Waals surface area contributed by atoms with E-state index in [-0.39, 0.29) is 5.91 Å². The fraction of sp³-hybridized carbons (Fsp3) is 0.118. The largest absolute Gasteiger partial charge is 0.366 e. The maximum absolute atomic E-state index is 11.2. The second-order valence-corrected chi connectivity index (χ2v) is 5.07. The standard InChI is InChI=1S/C17H16N2O/c1-12-5-6-16-14(9-12)7-8-19(16)11-13-3-2-4-15(10-13)17(18)20/h2-10H,11H2,1H3,(H2,18,20). The van der Waals surface area contributed by atoms with Gasteiger partial charge in [0.25, 0.3) is 0 Å². The molecule has 0 atom stereocenters. The summed E-state index contributed by atoms with van der Waals surface area (Å²) >= 11 is 0. The van der Waals surface area contributed by atoms with Gasteiger partial charge in [0.2, 0.25) is 5.91 Å². The van der Waals surface area contributed by atoms with E-state index in [4.69, 9.17) is 5.73 Å². The molecule has 2 aromatic carbocycles. The lowest BCUT2D eigenvalue weighted by molar-refractivity contribution is 0.1000. The highest BCUT2D eigenvalue weighted by atomic mass is 16.1. The van der Waals surface area contributed by atoms with Crippen molar-refractivity contribution in [3.8, 4) is 0 Å². The predicted molar refractivity (Wildman–Crippen MR) is 80.7 cm³/mol. The molecule has 3 nitrogen and oxygen atoms in total. The van der Waals surface area contributed by atoms with Gasteiger partial charge in [-0.2, -0.15) is 0 Å². The van der Waals surface area contributed by atoms with Crippen molar-refractivity contribution in [1.29, 1.82) is 0 Å². The Balaban J connectivity index is 1.97. The molecule has 0 aliphatic heterocycles. The molecule has 3 rings (SSSR count). The van der Waals surface area contributed by atoms with E-state index in [9.17, 15) is 4.79 Å². The number of fused-ring (bicyclic) bond motifs is 1. The Morgan fingerprint density at radius 3 is 2.80 bits per heavy atom. The van der Waals surface area contributed by atoms with E-state index in [1.807, 2.05) is 18.2 Å². The number of aryl methyl sites for hydroxylation is 1. The number of carbonyl (C=O) groups is 1. The van der Waals surface area contributed by atoms with Crippen LogP contribution in [-0.4, -0.2) is 10.5 Å². The summed E-state index contributed by atoms with van der Waals surface area (Å²) in [7, 11) is 0. The number of benzene rings is 2. The monoisotopic (exact) mass is 264 g/mol. The Morgan fingerprint density at radius 1 is 1.15 bits per heavy atom. The Bertz CT molecular complexity index is 787. The molecular weight excluding hydrogens is 248 g/mol. The third kappa shape index (κ3) is 2.30. The zero-order chi connectivity index (χ0) is 14.1. The number of primary amides is 1. The van der Waals surface area contributed by atoms with Crippen LogP contribution < -0.4 is 5.73 Å². The molecule has 0 saturated heterocycles. The minimum Gasteiger partial charge on any atom is -0.366 e. The van der Waals surface area contributed by atoms with Crippen LogP contribution in [0.4, 0.5) is 0 Å². The van der Waals surface area contributed by atoms with Gasteiger partial charge in [0, 0.05) is 23.8 Å². The van der Waals surface area contributed by atoms with Crippen molar-refractivity contribution in [3.63, 3.8) is 0 Å². The molecule has 0 fully saturated rings. The molecule has 1 heterocycles. The van der Waals surface area contributed by atoms with Gasteiger partial charge >= 0.3 is 0 Å². The summed E-state index contributed by atoms with van der Waals surface area (Å²) in [5, 5.41) is 1.23. The fourth-order valence-electron chi connectivity index (χ4n) is 2.48.